The fraction of sp³-hybridized carbons (Fsp3) is 0.368. The molecule has 3 rings (SSSR count). The molecule has 0 N–H and O–H groups in total. The van der Waals surface area contributed by atoms with Crippen LogP contribution in [0.25, 0.3) is 10.8 Å². The number of methoxy groups -OCH3 is 1. The maximum absolute atomic E-state index is 12.5. The van der Waals surface area contributed by atoms with Crippen LogP contribution in [0.3, 0.4) is 0 Å². The van der Waals surface area contributed by atoms with E-state index >= 15 is 0 Å². The largest absolute Gasteiger partial charge is 0.468 e. The summed E-state index contributed by atoms with van der Waals surface area (Å²) in [5, 5.41) is 11.3. The van der Waals surface area contributed by atoms with E-state index in [1.807, 2.05) is 19.1 Å². The second-order valence-electron chi connectivity index (χ2n) is 6.17. The predicted molar refractivity (Wildman–Crippen MR) is 85.5 cm³/mol. The van der Waals surface area contributed by atoms with Crippen LogP contribution >= 0.6 is 0 Å². The molecule has 0 fully saturated rings. The lowest BCUT2D eigenvalue weighted by Gasteiger charge is -2.38. The second-order valence-corrected chi connectivity index (χ2v) is 6.17. The van der Waals surface area contributed by atoms with Gasteiger partial charge in [-0.05, 0) is 47.6 Å². The van der Waals surface area contributed by atoms with E-state index in [4.69, 9.17) is 10.00 Å². The third kappa shape index (κ3) is 2.07. The van der Waals surface area contributed by atoms with Gasteiger partial charge in [0.2, 0.25) is 0 Å². The van der Waals surface area contributed by atoms with Crippen molar-refractivity contribution >= 4 is 16.7 Å². The molecule has 0 aromatic heterocycles. The molecule has 3 nitrogen and oxygen atoms in total. The molecule has 1 aliphatic rings. The van der Waals surface area contributed by atoms with Crippen LogP contribution in [0.5, 0.6) is 0 Å². The SMILES string of the molecule is COC(=O)[C@]1(C)CC[C@@H](CC#N)c2ccc3ccccc3c21. The molecule has 0 bridgehead atoms. The van der Waals surface area contributed by atoms with Crippen LogP contribution < -0.4 is 0 Å². The van der Waals surface area contributed by atoms with E-state index in [1.54, 1.807) is 0 Å². The minimum Gasteiger partial charge on any atom is -0.468 e. The van der Waals surface area contributed by atoms with Gasteiger partial charge in [0, 0.05) is 6.42 Å². The summed E-state index contributed by atoms with van der Waals surface area (Å²) in [4.78, 5) is 12.5. The van der Waals surface area contributed by atoms with Gasteiger partial charge < -0.3 is 4.74 Å². The summed E-state index contributed by atoms with van der Waals surface area (Å²) in [6, 6.07) is 14.6. The van der Waals surface area contributed by atoms with Crippen LogP contribution in [-0.4, -0.2) is 13.1 Å². The van der Waals surface area contributed by atoms with Crippen LogP contribution in [0, 0.1) is 11.3 Å². The van der Waals surface area contributed by atoms with Gasteiger partial charge in [0.25, 0.3) is 0 Å². The Bertz CT molecular complexity index is 775. The molecule has 2 aromatic carbocycles. The molecule has 0 amide bonds. The molecule has 0 heterocycles. The maximum Gasteiger partial charge on any atom is 0.316 e. The van der Waals surface area contributed by atoms with Crippen molar-refractivity contribution in [3.63, 3.8) is 0 Å². The highest BCUT2D eigenvalue weighted by molar-refractivity contribution is 5.95. The zero-order valence-electron chi connectivity index (χ0n) is 12.9. The van der Waals surface area contributed by atoms with E-state index in [0.717, 1.165) is 28.3 Å². The number of hydrogen-bond acceptors (Lipinski definition) is 3. The number of hydrogen-bond donors (Lipinski definition) is 0. The van der Waals surface area contributed by atoms with Crippen molar-refractivity contribution in [3.05, 3.63) is 47.5 Å². The fourth-order valence-corrected chi connectivity index (χ4v) is 3.74. The van der Waals surface area contributed by atoms with Crippen molar-refractivity contribution in [1.82, 2.24) is 0 Å². The average Bonchev–Trinajstić information content (AvgIpc) is 2.56. The molecule has 0 spiro atoms. The highest BCUT2D eigenvalue weighted by Crippen LogP contribution is 2.47. The standard InChI is InChI=1S/C19H19NO2/c1-19(18(21)22-2)11-9-14(10-12-20)16-8-7-13-5-3-4-6-15(13)17(16)19/h3-8,14H,9-11H2,1-2H3/t14-,19+/m0/s1. The van der Waals surface area contributed by atoms with Crippen molar-refractivity contribution in [2.75, 3.05) is 7.11 Å². The van der Waals surface area contributed by atoms with Gasteiger partial charge >= 0.3 is 5.97 Å². The van der Waals surface area contributed by atoms with E-state index in [9.17, 15) is 4.79 Å². The number of rotatable bonds is 2. The lowest BCUT2D eigenvalue weighted by Crippen LogP contribution is -2.38. The number of esters is 1. The quantitative estimate of drug-likeness (QED) is 0.784. The van der Waals surface area contributed by atoms with Crippen molar-refractivity contribution < 1.29 is 9.53 Å². The van der Waals surface area contributed by atoms with Gasteiger partial charge in [-0.3, -0.25) is 4.79 Å². The van der Waals surface area contributed by atoms with Gasteiger partial charge in [0.15, 0.2) is 0 Å². The number of carbonyl (C=O) groups is 1. The molecular formula is C19H19NO2. The second kappa shape index (κ2) is 5.46. The Morgan fingerprint density at radius 3 is 2.86 bits per heavy atom. The minimum atomic E-state index is -0.642. The zero-order chi connectivity index (χ0) is 15.7. The number of fused-ring (bicyclic) bond motifs is 3. The highest BCUT2D eigenvalue weighted by Gasteiger charge is 2.43. The number of carbonyl (C=O) groups excluding carboxylic acids is 1. The number of nitrogens with zero attached hydrogens (tertiary/aromatic N) is 1. The Kier molecular flexibility index (Phi) is 3.62. The Hall–Kier alpha value is -2.34. The first kappa shape index (κ1) is 14.6. The summed E-state index contributed by atoms with van der Waals surface area (Å²) >= 11 is 0. The van der Waals surface area contributed by atoms with E-state index in [-0.39, 0.29) is 11.9 Å². The third-order valence-corrected chi connectivity index (χ3v) is 4.92. The van der Waals surface area contributed by atoms with Crippen molar-refractivity contribution in [3.8, 4) is 6.07 Å². The Morgan fingerprint density at radius 2 is 2.14 bits per heavy atom. The average molecular weight is 293 g/mol. The Labute approximate surface area is 130 Å². The van der Waals surface area contributed by atoms with Gasteiger partial charge in [0.05, 0.1) is 18.6 Å². The monoisotopic (exact) mass is 293 g/mol. The van der Waals surface area contributed by atoms with E-state index < -0.39 is 5.41 Å². The first-order valence-corrected chi connectivity index (χ1v) is 7.59. The molecule has 0 radical (unpaired) electrons. The van der Waals surface area contributed by atoms with Crippen LogP contribution in [-0.2, 0) is 14.9 Å². The van der Waals surface area contributed by atoms with Gasteiger partial charge in [-0.1, -0.05) is 36.4 Å². The normalized spacial score (nSPS) is 23.6. The van der Waals surface area contributed by atoms with E-state index in [0.29, 0.717) is 12.8 Å². The molecule has 112 valence electrons. The summed E-state index contributed by atoms with van der Waals surface area (Å²) < 4.78 is 5.09. The first-order valence-electron chi connectivity index (χ1n) is 7.59. The molecule has 22 heavy (non-hydrogen) atoms. The van der Waals surface area contributed by atoms with Crippen LogP contribution in [0.15, 0.2) is 36.4 Å². The van der Waals surface area contributed by atoms with Crippen LogP contribution in [0.4, 0.5) is 0 Å². The van der Waals surface area contributed by atoms with E-state index in [1.165, 1.54) is 7.11 Å². The lowest BCUT2D eigenvalue weighted by atomic mass is 9.65. The smallest absolute Gasteiger partial charge is 0.316 e. The van der Waals surface area contributed by atoms with Crippen LogP contribution in [0.2, 0.25) is 0 Å². The van der Waals surface area contributed by atoms with Gasteiger partial charge in [-0.2, -0.15) is 5.26 Å². The molecule has 0 aliphatic heterocycles. The summed E-state index contributed by atoms with van der Waals surface area (Å²) in [6.45, 7) is 1.96. The third-order valence-electron chi connectivity index (χ3n) is 4.92. The molecule has 0 unspecified atom stereocenters. The Balaban J connectivity index is 2.31. The predicted octanol–water partition coefficient (Wildman–Crippen LogP) is 4.06. The maximum atomic E-state index is 12.5. The molecule has 3 heteroatoms. The van der Waals surface area contributed by atoms with Crippen molar-refractivity contribution in [2.24, 2.45) is 0 Å². The molecule has 0 saturated heterocycles. The molecular weight excluding hydrogens is 274 g/mol. The summed E-state index contributed by atoms with van der Waals surface area (Å²) in [5.41, 5.74) is 1.53. The van der Waals surface area contributed by atoms with Crippen molar-refractivity contribution in [2.45, 2.75) is 37.5 Å². The minimum absolute atomic E-state index is 0.194. The highest BCUT2D eigenvalue weighted by atomic mass is 16.5. The molecule has 1 aliphatic carbocycles. The number of ether oxygens (including phenoxy) is 1. The van der Waals surface area contributed by atoms with Gasteiger partial charge in [-0.15, -0.1) is 0 Å². The van der Waals surface area contributed by atoms with Gasteiger partial charge in [-0.25, -0.2) is 0 Å². The summed E-state index contributed by atoms with van der Waals surface area (Å²) in [7, 11) is 1.44. The van der Waals surface area contributed by atoms with Gasteiger partial charge in [0.1, 0.15) is 0 Å². The van der Waals surface area contributed by atoms with E-state index in [2.05, 4.69) is 30.3 Å². The number of nitriles is 1. The molecule has 2 atom stereocenters. The fourth-order valence-electron chi connectivity index (χ4n) is 3.74. The van der Waals surface area contributed by atoms with Crippen LogP contribution in [0.1, 0.15) is 43.2 Å². The van der Waals surface area contributed by atoms with Crippen molar-refractivity contribution in [1.29, 1.82) is 5.26 Å². The number of benzene rings is 2. The molecule has 0 saturated carbocycles. The molecule has 2 aromatic rings. The lowest BCUT2D eigenvalue weighted by molar-refractivity contribution is -0.147. The Morgan fingerprint density at radius 1 is 1.36 bits per heavy atom. The first-order chi connectivity index (χ1) is 10.6. The summed E-state index contributed by atoms with van der Waals surface area (Å²) in [5.74, 6) is 0.00264. The topological polar surface area (TPSA) is 50.1 Å². The zero-order valence-corrected chi connectivity index (χ0v) is 12.9. The summed E-state index contributed by atoms with van der Waals surface area (Å²) in [6.07, 6.45) is 2.04.